The van der Waals surface area contributed by atoms with Gasteiger partial charge in [-0.15, -0.1) is 0 Å². The maximum atomic E-state index is 12.0. The van der Waals surface area contributed by atoms with Crippen LogP contribution in [0.2, 0.25) is 0 Å². The van der Waals surface area contributed by atoms with Gasteiger partial charge in [-0.3, -0.25) is 4.79 Å². The third kappa shape index (κ3) is 3.00. The van der Waals surface area contributed by atoms with Gasteiger partial charge in [0.15, 0.2) is 6.20 Å². The van der Waals surface area contributed by atoms with Crippen LogP contribution in [0, 0.1) is 13.8 Å². The van der Waals surface area contributed by atoms with E-state index < -0.39 is 0 Å². The van der Waals surface area contributed by atoms with Crippen molar-refractivity contribution in [2.75, 3.05) is 0 Å². The summed E-state index contributed by atoms with van der Waals surface area (Å²) >= 11 is 0. The van der Waals surface area contributed by atoms with Gasteiger partial charge in [-0.05, 0) is 41.7 Å². The van der Waals surface area contributed by atoms with Crippen molar-refractivity contribution in [3.05, 3.63) is 59.4 Å². The van der Waals surface area contributed by atoms with Crippen LogP contribution in [0.25, 0.3) is 0 Å². The minimum atomic E-state index is 0.177. The smallest absolute Gasteiger partial charge is 0.232 e. The van der Waals surface area contributed by atoms with Crippen LogP contribution in [0.3, 0.4) is 0 Å². The highest BCUT2D eigenvalue weighted by Gasteiger charge is 2.13. The monoisotopic (exact) mass is 241 g/mol. The molecule has 0 bridgehead atoms. The fourth-order valence-electron chi connectivity index (χ4n) is 2.02. The zero-order chi connectivity index (χ0) is 13.0. The Bertz CT molecular complexity index is 529. The first kappa shape index (κ1) is 12.4. The number of nitrogens with zero attached hydrogens (tertiary/aromatic N) is 2. The highest BCUT2D eigenvalue weighted by molar-refractivity contribution is 5.80. The van der Waals surface area contributed by atoms with Gasteiger partial charge < -0.3 is 0 Å². The SMILES string of the molecule is Cc1cccc(C)c1CC(=O)C[n+]1ccccn1. The van der Waals surface area contributed by atoms with Crippen LogP contribution >= 0.6 is 0 Å². The van der Waals surface area contributed by atoms with Gasteiger partial charge in [-0.25, -0.2) is 0 Å². The molecule has 0 aliphatic heterocycles. The summed E-state index contributed by atoms with van der Waals surface area (Å²) in [4.78, 5) is 12.0. The van der Waals surface area contributed by atoms with Gasteiger partial charge in [0, 0.05) is 12.5 Å². The van der Waals surface area contributed by atoms with Crippen LogP contribution in [-0.2, 0) is 17.8 Å². The van der Waals surface area contributed by atoms with E-state index in [1.54, 1.807) is 10.9 Å². The summed E-state index contributed by atoms with van der Waals surface area (Å²) < 4.78 is 1.66. The van der Waals surface area contributed by atoms with E-state index in [4.69, 9.17) is 0 Å². The van der Waals surface area contributed by atoms with E-state index >= 15 is 0 Å². The number of ketones is 1. The lowest BCUT2D eigenvalue weighted by molar-refractivity contribution is -0.742. The summed E-state index contributed by atoms with van der Waals surface area (Å²) in [5.74, 6) is 0.177. The zero-order valence-electron chi connectivity index (χ0n) is 10.8. The number of benzene rings is 1. The Hall–Kier alpha value is -2.03. The molecule has 1 aromatic heterocycles. The molecule has 2 aromatic rings. The van der Waals surface area contributed by atoms with Gasteiger partial charge in [0.2, 0.25) is 12.3 Å². The third-order valence-electron chi connectivity index (χ3n) is 3.03. The van der Waals surface area contributed by atoms with E-state index in [0.717, 1.165) is 5.56 Å². The molecule has 0 aliphatic carbocycles. The van der Waals surface area contributed by atoms with E-state index in [-0.39, 0.29) is 5.78 Å². The summed E-state index contributed by atoms with van der Waals surface area (Å²) in [7, 11) is 0. The van der Waals surface area contributed by atoms with Gasteiger partial charge in [0.05, 0.1) is 6.20 Å². The predicted octanol–water partition coefficient (Wildman–Crippen LogP) is 1.80. The molecule has 0 N–H and O–H groups in total. The molecule has 92 valence electrons. The number of hydrogen-bond acceptors (Lipinski definition) is 2. The minimum Gasteiger partial charge on any atom is -0.292 e. The predicted molar refractivity (Wildman–Crippen MR) is 69.1 cm³/mol. The lowest BCUT2D eigenvalue weighted by Gasteiger charge is -2.07. The lowest BCUT2D eigenvalue weighted by atomic mass is 9.98. The summed E-state index contributed by atoms with van der Waals surface area (Å²) in [6, 6.07) is 9.82. The fourth-order valence-corrected chi connectivity index (χ4v) is 2.02. The molecule has 0 spiro atoms. The molecule has 0 saturated heterocycles. The molecule has 0 amide bonds. The Labute approximate surface area is 107 Å². The van der Waals surface area contributed by atoms with E-state index in [1.807, 2.05) is 50.4 Å². The molecular weight excluding hydrogens is 224 g/mol. The average molecular weight is 241 g/mol. The van der Waals surface area contributed by atoms with Crippen molar-refractivity contribution < 1.29 is 9.48 Å². The van der Waals surface area contributed by atoms with E-state index in [1.165, 1.54) is 11.1 Å². The van der Waals surface area contributed by atoms with Crippen molar-refractivity contribution in [2.45, 2.75) is 26.8 Å². The minimum absolute atomic E-state index is 0.177. The first-order valence-corrected chi connectivity index (χ1v) is 6.04. The number of rotatable bonds is 4. The van der Waals surface area contributed by atoms with Gasteiger partial charge in [-0.1, -0.05) is 22.9 Å². The second-order valence-corrected chi connectivity index (χ2v) is 4.48. The molecule has 0 saturated carbocycles. The first-order chi connectivity index (χ1) is 8.66. The molecule has 0 radical (unpaired) electrons. The Kier molecular flexibility index (Phi) is 3.82. The number of hydrogen-bond donors (Lipinski definition) is 0. The summed E-state index contributed by atoms with van der Waals surface area (Å²) in [6.07, 6.45) is 3.97. The first-order valence-electron chi connectivity index (χ1n) is 6.04. The molecule has 1 aromatic carbocycles. The molecule has 1 heterocycles. The summed E-state index contributed by atoms with van der Waals surface area (Å²) in [6.45, 7) is 4.42. The molecule has 3 heteroatoms. The number of carbonyl (C=O) groups excluding carboxylic acids is 1. The highest BCUT2D eigenvalue weighted by atomic mass is 16.1. The second kappa shape index (κ2) is 5.54. The Balaban J connectivity index is 2.08. The second-order valence-electron chi connectivity index (χ2n) is 4.48. The van der Waals surface area contributed by atoms with Gasteiger partial charge in [0.1, 0.15) is 0 Å². The largest absolute Gasteiger partial charge is 0.292 e. The van der Waals surface area contributed by atoms with Crippen molar-refractivity contribution in [2.24, 2.45) is 0 Å². The molecule has 0 unspecified atom stereocenters. The van der Waals surface area contributed by atoms with Gasteiger partial charge in [-0.2, -0.15) is 0 Å². The van der Waals surface area contributed by atoms with Crippen molar-refractivity contribution in [1.82, 2.24) is 5.10 Å². The van der Waals surface area contributed by atoms with Crippen LogP contribution in [0.15, 0.2) is 42.7 Å². The molecule has 0 fully saturated rings. The zero-order valence-corrected chi connectivity index (χ0v) is 10.8. The molecular formula is C15H17N2O+. The average Bonchev–Trinajstić information content (AvgIpc) is 2.35. The fraction of sp³-hybridized carbons (Fsp3) is 0.267. The number of aromatic nitrogens is 2. The van der Waals surface area contributed by atoms with Crippen LogP contribution in [0.1, 0.15) is 16.7 Å². The maximum absolute atomic E-state index is 12.0. The summed E-state index contributed by atoms with van der Waals surface area (Å²) in [5, 5.41) is 4.10. The third-order valence-corrected chi connectivity index (χ3v) is 3.03. The maximum Gasteiger partial charge on any atom is 0.232 e. The van der Waals surface area contributed by atoms with E-state index in [9.17, 15) is 4.79 Å². The van der Waals surface area contributed by atoms with Crippen molar-refractivity contribution in [3.63, 3.8) is 0 Å². The normalized spacial score (nSPS) is 10.3. The standard InChI is InChI=1S/C15H17N2O/c1-12-6-5-7-13(2)15(12)10-14(18)11-17-9-4-3-8-16-17/h3-9H,10-11H2,1-2H3/q+1. The lowest BCUT2D eigenvalue weighted by Crippen LogP contribution is -2.41. The van der Waals surface area contributed by atoms with Crippen molar-refractivity contribution >= 4 is 5.78 Å². The highest BCUT2D eigenvalue weighted by Crippen LogP contribution is 2.14. The molecule has 0 aliphatic rings. The van der Waals surface area contributed by atoms with E-state index in [0.29, 0.717) is 13.0 Å². The Morgan fingerprint density at radius 2 is 1.89 bits per heavy atom. The van der Waals surface area contributed by atoms with Gasteiger partial charge >= 0.3 is 0 Å². The molecule has 2 rings (SSSR count). The number of aryl methyl sites for hydroxylation is 2. The van der Waals surface area contributed by atoms with Crippen LogP contribution in [0.5, 0.6) is 0 Å². The van der Waals surface area contributed by atoms with Crippen LogP contribution in [0.4, 0.5) is 0 Å². The number of Topliss-reactive ketones (excluding diaryl/α,β-unsaturated/α-hetero) is 1. The Morgan fingerprint density at radius 3 is 2.50 bits per heavy atom. The molecule has 0 atom stereocenters. The number of carbonyl (C=O) groups is 1. The quantitative estimate of drug-likeness (QED) is 0.765. The summed E-state index contributed by atoms with van der Waals surface area (Å²) in [5.41, 5.74) is 3.49. The Morgan fingerprint density at radius 1 is 1.17 bits per heavy atom. The van der Waals surface area contributed by atoms with Crippen LogP contribution < -0.4 is 4.68 Å². The topological polar surface area (TPSA) is 33.8 Å². The molecule has 3 nitrogen and oxygen atoms in total. The van der Waals surface area contributed by atoms with Gasteiger partial charge in [0.25, 0.3) is 0 Å². The molecule has 18 heavy (non-hydrogen) atoms. The van der Waals surface area contributed by atoms with Crippen molar-refractivity contribution in [3.8, 4) is 0 Å². The van der Waals surface area contributed by atoms with Crippen molar-refractivity contribution in [1.29, 1.82) is 0 Å². The van der Waals surface area contributed by atoms with E-state index in [2.05, 4.69) is 5.10 Å². The van der Waals surface area contributed by atoms with Crippen LogP contribution in [-0.4, -0.2) is 10.9 Å².